The van der Waals surface area contributed by atoms with E-state index in [0.717, 1.165) is 32.0 Å². The first-order valence-corrected chi connectivity index (χ1v) is 5.54. The third-order valence-electron chi connectivity index (χ3n) is 3.31. The molecule has 0 unspecified atom stereocenters. The number of carbonyl (C=O) groups excluding carboxylic acids is 1. The number of carbonyl (C=O) groups is 1. The number of aromatic hydroxyl groups is 1. The van der Waals surface area contributed by atoms with Crippen LogP contribution in [-0.4, -0.2) is 11.4 Å². The average molecular weight is 204 g/mol. The van der Waals surface area contributed by atoms with Gasteiger partial charge in [0.15, 0.2) is 0 Å². The van der Waals surface area contributed by atoms with Gasteiger partial charge in [-0.1, -0.05) is 12.1 Å². The molecule has 0 bridgehead atoms. The van der Waals surface area contributed by atoms with Crippen molar-refractivity contribution in [3.8, 4) is 5.75 Å². The smallest absolute Gasteiger partial charge is 0.123 e. The van der Waals surface area contributed by atoms with Gasteiger partial charge in [-0.2, -0.15) is 0 Å². The monoisotopic (exact) mass is 204 g/mol. The molecule has 0 heterocycles. The van der Waals surface area contributed by atoms with Crippen LogP contribution in [0, 0.1) is 5.92 Å². The van der Waals surface area contributed by atoms with Gasteiger partial charge in [-0.3, -0.25) is 0 Å². The number of phenols is 1. The van der Waals surface area contributed by atoms with Gasteiger partial charge < -0.3 is 9.90 Å². The zero-order chi connectivity index (χ0) is 10.7. The standard InChI is InChI=1S/C13H16O2/c14-9-10-4-6-11(7-5-10)12-2-1-3-13(15)8-12/h1-3,8-11,15H,4-7H2. The minimum Gasteiger partial charge on any atom is -0.508 e. The van der Waals surface area contributed by atoms with Crippen molar-refractivity contribution in [1.29, 1.82) is 0 Å². The molecular weight excluding hydrogens is 188 g/mol. The molecule has 0 aliphatic heterocycles. The first-order chi connectivity index (χ1) is 7.29. The molecule has 0 saturated heterocycles. The maximum Gasteiger partial charge on any atom is 0.123 e. The minimum atomic E-state index is 0.263. The Bertz CT molecular complexity index is 338. The maximum atomic E-state index is 10.6. The van der Waals surface area contributed by atoms with Crippen LogP contribution in [0.3, 0.4) is 0 Å². The Balaban J connectivity index is 2.04. The number of benzene rings is 1. The van der Waals surface area contributed by atoms with E-state index in [1.54, 1.807) is 6.07 Å². The van der Waals surface area contributed by atoms with Crippen molar-refractivity contribution in [1.82, 2.24) is 0 Å². The molecule has 1 aromatic rings. The molecule has 1 aliphatic rings. The summed E-state index contributed by atoms with van der Waals surface area (Å²) in [5.41, 5.74) is 1.21. The second-order valence-corrected chi connectivity index (χ2v) is 4.34. The summed E-state index contributed by atoms with van der Waals surface area (Å²) in [6.45, 7) is 0. The summed E-state index contributed by atoms with van der Waals surface area (Å²) in [7, 11) is 0. The van der Waals surface area contributed by atoms with Gasteiger partial charge in [0.05, 0.1) is 0 Å². The second kappa shape index (κ2) is 4.47. The third-order valence-corrected chi connectivity index (χ3v) is 3.31. The molecule has 0 aromatic heterocycles. The highest BCUT2D eigenvalue weighted by Gasteiger charge is 2.21. The lowest BCUT2D eigenvalue weighted by atomic mass is 9.79. The van der Waals surface area contributed by atoms with E-state index in [2.05, 4.69) is 6.07 Å². The highest BCUT2D eigenvalue weighted by Crippen LogP contribution is 2.35. The van der Waals surface area contributed by atoms with Crippen LogP contribution in [0.5, 0.6) is 5.75 Å². The van der Waals surface area contributed by atoms with Gasteiger partial charge in [0.1, 0.15) is 12.0 Å². The van der Waals surface area contributed by atoms with Crippen molar-refractivity contribution in [2.45, 2.75) is 31.6 Å². The molecule has 0 atom stereocenters. The predicted molar refractivity (Wildman–Crippen MR) is 58.9 cm³/mol. The van der Waals surface area contributed by atoms with Gasteiger partial charge in [0.25, 0.3) is 0 Å². The Morgan fingerprint density at radius 3 is 2.53 bits per heavy atom. The van der Waals surface area contributed by atoms with Crippen molar-refractivity contribution in [3.05, 3.63) is 29.8 Å². The van der Waals surface area contributed by atoms with Crippen LogP contribution >= 0.6 is 0 Å². The Morgan fingerprint density at radius 1 is 1.20 bits per heavy atom. The first kappa shape index (κ1) is 10.2. The Kier molecular flexibility index (Phi) is 3.05. The third kappa shape index (κ3) is 2.38. The summed E-state index contributed by atoms with van der Waals surface area (Å²) < 4.78 is 0. The van der Waals surface area contributed by atoms with Crippen LogP contribution in [0.2, 0.25) is 0 Å². The van der Waals surface area contributed by atoms with Crippen molar-refractivity contribution >= 4 is 6.29 Å². The van der Waals surface area contributed by atoms with Gasteiger partial charge >= 0.3 is 0 Å². The molecule has 80 valence electrons. The summed E-state index contributed by atoms with van der Waals surface area (Å²) in [4.78, 5) is 10.6. The lowest BCUT2D eigenvalue weighted by molar-refractivity contribution is -0.111. The highest BCUT2D eigenvalue weighted by atomic mass is 16.3. The van der Waals surface area contributed by atoms with E-state index >= 15 is 0 Å². The quantitative estimate of drug-likeness (QED) is 0.752. The van der Waals surface area contributed by atoms with Gasteiger partial charge in [0, 0.05) is 5.92 Å². The number of aldehydes is 1. The maximum absolute atomic E-state index is 10.6. The molecule has 15 heavy (non-hydrogen) atoms. The fourth-order valence-corrected chi connectivity index (χ4v) is 2.37. The number of rotatable bonds is 2. The van der Waals surface area contributed by atoms with E-state index in [1.165, 1.54) is 5.56 Å². The average Bonchev–Trinajstić information content (AvgIpc) is 2.29. The first-order valence-electron chi connectivity index (χ1n) is 5.54. The molecule has 1 saturated carbocycles. The van der Waals surface area contributed by atoms with E-state index in [9.17, 15) is 9.90 Å². The molecule has 0 amide bonds. The normalized spacial score (nSPS) is 26.1. The summed E-state index contributed by atoms with van der Waals surface area (Å²) in [5.74, 6) is 1.12. The van der Waals surface area contributed by atoms with Gasteiger partial charge in [-0.05, 0) is 49.3 Å². The molecule has 1 N–H and O–H groups in total. The molecule has 1 aliphatic carbocycles. The summed E-state index contributed by atoms with van der Waals surface area (Å²) in [6, 6.07) is 7.48. The lowest BCUT2D eigenvalue weighted by Crippen LogP contribution is -2.13. The van der Waals surface area contributed by atoms with Crippen molar-refractivity contribution in [2.75, 3.05) is 0 Å². The Labute approximate surface area is 89.9 Å². The molecule has 0 radical (unpaired) electrons. The van der Waals surface area contributed by atoms with Crippen molar-refractivity contribution < 1.29 is 9.90 Å². The van der Waals surface area contributed by atoms with Gasteiger partial charge in [-0.15, -0.1) is 0 Å². The van der Waals surface area contributed by atoms with E-state index in [0.29, 0.717) is 11.7 Å². The highest BCUT2D eigenvalue weighted by molar-refractivity contribution is 5.53. The summed E-state index contributed by atoms with van der Waals surface area (Å²) >= 11 is 0. The minimum absolute atomic E-state index is 0.263. The van der Waals surface area contributed by atoms with Crippen molar-refractivity contribution in [2.24, 2.45) is 5.92 Å². The van der Waals surface area contributed by atoms with Crippen LogP contribution in [-0.2, 0) is 4.79 Å². The topological polar surface area (TPSA) is 37.3 Å². The molecule has 2 rings (SSSR count). The second-order valence-electron chi connectivity index (χ2n) is 4.34. The molecule has 2 heteroatoms. The van der Waals surface area contributed by atoms with E-state index in [-0.39, 0.29) is 5.92 Å². The summed E-state index contributed by atoms with van der Waals surface area (Å²) in [6.07, 6.45) is 5.19. The van der Waals surface area contributed by atoms with E-state index in [1.807, 2.05) is 12.1 Å². The molecule has 2 nitrogen and oxygen atoms in total. The number of phenolic OH excluding ortho intramolecular Hbond substituents is 1. The van der Waals surface area contributed by atoms with Crippen LogP contribution in [0.25, 0.3) is 0 Å². The number of hydrogen-bond donors (Lipinski definition) is 1. The molecule has 1 fully saturated rings. The van der Waals surface area contributed by atoms with Crippen LogP contribution in [0.4, 0.5) is 0 Å². The molecular formula is C13H16O2. The van der Waals surface area contributed by atoms with Gasteiger partial charge in [-0.25, -0.2) is 0 Å². The van der Waals surface area contributed by atoms with Crippen LogP contribution in [0.1, 0.15) is 37.2 Å². The Morgan fingerprint density at radius 2 is 1.93 bits per heavy atom. The Hall–Kier alpha value is -1.31. The van der Waals surface area contributed by atoms with Crippen LogP contribution < -0.4 is 0 Å². The fraction of sp³-hybridized carbons (Fsp3) is 0.462. The predicted octanol–water partition coefficient (Wildman–Crippen LogP) is 2.86. The molecule has 1 aromatic carbocycles. The van der Waals surface area contributed by atoms with Crippen molar-refractivity contribution in [3.63, 3.8) is 0 Å². The number of hydrogen-bond acceptors (Lipinski definition) is 2. The zero-order valence-electron chi connectivity index (χ0n) is 8.73. The van der Waals surface area contributed by atoms with E-state index < -0.39 is 0 Å². The molecule has 0 spiro atoms. The van der Waals surface area contributed by atoms with Crippen LogP contribution in [0.15, 0.2) is 24.3 Å². The van der Waals surface area contributed by atoms with E-state index in [4.69, 9.17) is 0 Å². The zero-order valence-corrected chi connectivity index (χ0v) is 8.73. The largest absolute Gasteiger partial charge is 0.508 e. The van der Waals surface area contributed by atoms with Gasteiger partial charge in [0.2, 0.25) is 0 Å². The lowest BCUT2D eigenvalue weighted by Gasteiger charge is -2.25. The summed E-state index contributed by atoms with van der Waals surface area (Å²) in [5, 5.41) is 9.39. The SMILES string of the molecule is O=CC1CCC(c2cccc(O)c2)CC1. The fourth-order valence-electron chi connectivity index (χ4n) is 2.37.